The van der Waals surface area contributed by atoms with Gasteiger partial charge in [-0.15, -0.1) is 0 Å². The van der Waals surface area contributed by atoms with Gasteiger partial charge in [0.25, 0.3) is 0 Å². The van der Waals surface area contributed by atoms with Crippen molar-refractivity contribution in [2.75, 3.05) is 17.2 Å². The van der Waals surface area contributed by atoms with Crippen molar-refractivity contribution < 1.29 is 0 Å². The smallest absolute Gasteiger partial charge is 0.0602 e. The molecule has 2 N–H and O–H groups in total. The largest absolute Gasteiger partial charge is 0.397 e. The van der Waals surface area contributed by atoms with Gasteiger partial charge in [-0.3, -0.25) is 0 Å². The van der Waals surface area contributed by atoms with E-state index in [0.717, 1.165) is 24.1 Å². The summed E-state index contributed by atoms with van der Waals surface area (Å²) in [6, 6.07) is 7.62. The Labute approximate surface area is 142 Å². The van der Waals surface area contributed by atoms with Gasteiger partial charge in [0, 0.05) is 12.6 Å². The maximum Gasteiger partial charge on any atom is 0.0602 e. The summed E-state index contributed by atoms with van der Waals surface area (Å²) in [6.07, 6.45) is 9.46. The number of nitrogens with two attached hydrogens (primary N) is 1. The van der Waals surface area contributed by atoms with Gasteiger partial charge in [0.2, 0.25) is 0 Å². The van der Waals surface area contributed by atoms with E-state index in [0.29, 0.717) is 12.0 Å². The fourth-order valence-electron chi connectivity index (χ4n) is 4.40. The molecule has 128 valence electrons. The van der Waals surface area contributed by atoms with E-state index in [1.54, 1.807) is 0 Å². The maximum atomic E-state index is 6.52. The van der Waals surface area contributed by atoms with Crippen LogP contribution in [0.2, 0.25) is 0 Å². The highest BCUT2D eigenvalue weighted by molar-refractivity contribution is 5.69. The molecule has 0 bridgehead atoms. The van der Waals surface area contributed by atoms with E-state index >= 15 is 0 Å². The molecule has 0 amide bonds. The minimum atomic E-state index is 0.670. The molecule has 0 aromatic heterocycles. The number of benzene rings is 1. The Hall–Kier alpha value is -1.18. The van der Waals surface area contributed by atoms with Crippen LogP contribution in [0.4, 0.5) is 11.4 Å². The number of hydrogen-bond acceptors (Lipinski definition) is 2. The zero-order valence-electron chi connectivity index (χ0n) is 15.2. The molecule has 0 radical (unpaired) electrons. The van der Waals surface area contributed by atoms with Crippen LogP contribution in [0.1, 0.15) is 77.2 Å². The minimum Gasteiger partial charge on any atom is -0.397 e. The van der Waals surface area contributed by atoms with Gasteiger partial charge < -0.3 is 10.6 Å². The molecule has 2 saturated carbocycles. The monoisotopic (exact) mass is 314 g/mol. The number of rotatable bonds is 6. The second-order valence-corrected chi connectivity index (χ2v) is 8.17. The van der Waals surface area contributed by atoms with Gasteiger partial charge in [-0.05, 0) is 54.7 Å². The van der Waals surface area contributed by atoms with Gasteiger partial charge >= 0.3 is 0 Å². The van der Waals surface area contributed by atoms with E-state index in [1.165, 1.54) is 56.2 Å². The minimum absolute atomic E-state index is 0.670. The fourth-order valence-corrected chi connectivity index (χ4v) is 4.40. The summed E-state index contributed by atoms with van der Waals surface area (Å²) in [5.41, 5.74) is 10.3. The Morgan fingerprint density at radius 2 is 1.91 bits per heavy atom. The van der Waals surface area contributed by atoms with Crippen LogP contribution in [-0.2, 0) is 0 Å². The fraction of sp³-hybridized carbons (Fsp3) is 0.714. The molecule has 0 aliphatic heterocycles. The standard InChI is InChI=1S/C21H34N2/c1-4-16-12-19(16)17-10-11-21(20(22)13-17)23(14-15(2)3)18-8-6-5-7-9-18/h10-11,13,15-16,18-19H,4-9,12,14,22H2,1-3H3. The third kappa shape index (κ3) is 3.84. The lowest BCUT2D eigenvalue weighted by Gasteiger charge is -2.38. The predicted molar refractivity (Wildman–Crippen MR) is 101 cm³/mol. The molecule has 1 aromatic rings. The van der Waals surface area contributed by atoms with Crippen LogP contribution in [0.3, 0.4) is 0 Å². The average Bonchev–Trinajstić information content (AvgIpc) is 3.33. The number of nitrogen functional groups attached to an aromatic ring is 1. The highest BCUT2D eigenvalue weighted by Gasteiger charge is 2.36. The Morgan fingerprint density at radius 1 is 1.17 bits per heavy atom. The van der Waals surface area contributed by atoms with Gasteiger partial charge in [0.15, 0.2) is 0 Å². The Morgan fingerprint density at radius 3 is 2.48 bits per heavy atom. The lowest BCUT2D eigenvalue weighted by Crippen LogP contribution is -2.39. The van der Waals surface area contributed by atoms with Gasteiger partial charge in [-0.2, -0.15) is 0 Å². The van der Waals surface area contributed by atoms with Crippen LogP contribution in [0.5, 0.6) is 0 Å². The molecule has 1 aromatic carbocycles. The van der Waals surface area contributed by atoms with Crippen LogP contribution in [0.15, 0.2) is 18.2 Å². The van der Waals surface area contributed by atoms with Crippen LogP contribution in [-0.4, -0.2) is 12.6 Å². The van der Waals surface area contributed by atoms with Crippen molar-refractivity contribution in [1.82, 2.24) is 0 Å². The molecule has 3 rings (SSSR count). The first kappa shape index (κ1) is 16.7. The Bertz CT molecular complexity index is 517. The van der Waals surface area contributed by atoms with Gasteiger partial charge in [0.05, 0.1) is 11.4 Å². The molecule has 2 fully saturated rings. The highest BCUT2D eigenvalue weighted by atomic mass is 15.2. The van der Waals surface area contributed by atoms with E-state index in [1.807, 2.05) is 0 Å². The summed E-state index contributed by atoms with van der Waals surface area (Å²) in [4.78, 5) is 2.62. The highest BCUT2D eigenvalue weighted by Crippen LogP contribution is 2.50. The molecular formula is C21H34N2. The van der Waals surface area contributed by atoms with Gasteiger partial charge in [0.1, 0.15) is 0 Å². The molecule has 2 aliphatic rings. The van der Waals surface area contributed by atoms with Crippen molar-refractivity contribution in [2.24, 2.45) is 11.8 Å². The Kier molecular flexibility index (Phi) is 5.18. The second-order valence-electron chi connectivity index (χ2n) is 8.17. The third-order valence-electron chi connectivity index (χ3n) is 5.81. The van der Waals surface area contributed by atoms with Crippen molar-refractivity contribution in [3.05, 3.63) is 23.8 Å². The first-order valence-electron chi connectivity index (χ1n) is 9.76. The Balaban J connectivity index is 1.80. The molecule has 0 saturated heterocycles. The van der Waals surface area contributed by atoms with Crippen molar-refractivity contribution in [3.8, 4) is 0 Å². The topological polar surface area (TPSA) is 29.3 Å². The molecular weight excluding hydrogens is 280 g/mol. The molecule has 2 heteroatoms. The molecule has 2 aliphatic carbocycles. The van der Waals surface area contributed by atoms with E-state index in [-0.39, 0.29) is 0 Å². The number of hydrogen-bond donors (Lipinski definition) is 1. The van der Waals surface area contributed by atoms with Gasteiger partial charge in [-0.1, -0.05) is 52.5 Å². The summed E-state index contributed by atoms with van der Waals surface area (Å²) in [6.45, 7) is 8.05. The molecule has 2 nitrogen and oxygen atoms in total. The summed E-state index contributed by atoms with van der Waals surface area (Å²) in [7, 11) is 0. The average molecular weight is 315 g/mol. The normalized spacial score (nSPS) is 24.9. The third-order valence-corrected chi connectivity index (χ3v) is 5.81. The van der Waals surface area contributed by atoms with Crippen molar-refractivity contribution in [1.29, 1.82) is 0 Å². The SMILES string of the molecule is CCC1CC1c1ccc(N(CC(C)C)C2CCCCC2)c(N)c1. The predicted octanol–water partition coefficient (Wildman–Crippen LogP) is 5.58. The van der Waals surface area contributed by atoms with Crippen LogP contribution >= 0.6 is 0 Å². The van der Waals surface area contributed by atoms with Crippen LogP contribution < -0.4 is 10.6 Å². The van der Waals surface area contributed by atoms with E-state index in [4.69, 9.17) is 5.73 Å². The molecule has 2 unspecified atom stereocenters. The second kappa shape index (κ2) is 7.15. The van der Waals surface area contributed by atoms with Crippen molar-refractivity contribution >= 4 is 11.4 Å². The molecule has 2 atom stereocenters. The zero-order valence-corrected chi connectivity index (χ0v) is 15.2. The quantitative estimate of drug-likeness (QED) is 0.695. The maximum absolute atomic E-state index is 6.52. The van der Waals surface area contributed by atoms with Crippen molar-refractivity contribution in [3.63, 3.8) is 0 Å². The summed E-state index contributed by atoms with van der Waals surface area (Å²) in [5.74, 6) is 2.33. The lowest BCUT2D eigenvalue weighted by molar-refractivity contribution is 0.401. The van der Waals surface area contributed by atoms with Gasteiger partial charge in [-0.25, -0.2) is 0 Å². The zero-order chi connectivity index (χ0) is 16.4. The summed E-state index contributed by atoms with van der Waals surface area (Å²) in [5, 5.41) is 0. The number of anilines is 2. The number of nitrogens with zero attached hydrogens (tertiary/aromatic N) is 1. The summed E-state index contributed by atoms with van der Waals surface area (Å²) >= 11 is 0. The van der Waals surface area contributed by atoms with Crippen LogP contribution in [0.25, 0.3) is 0 Å². The van der Waals surface area contributed by atoms with E-state index < -0.39 is 0 Å². The first-order valence-corrected chi connectivity index (χ1v) is 9.76. The van der Waals surface area contributed by atoms with E-state index in [2.05, 4.69) is 43.9 Å². The van der Waals surface area contributed by atoms with Crippen molar-refractivity contribution in [2.45, 2.75) is 77.7 Å². The lowest BCUT2D eigenvalue weighted by atomic mass is 9.92. The summed E-state index contributed by atoms with van der Waals surface area (Å²) < 4.78 is 0. The molecule has 23 heavy (non-hydrogen) atoms. The van der Waals surface area contributed by atoms with E-state index in [9.17, 15) is 0 Å². The molecule has 0 heterocycles. The molecule has 0 spiro atoms. The van der Waals surface area contributed by atoms with Crippen LogP contribution in [0, 0.1) is 11.8 Å². The first-order chi connectivity index (χ1) is 11.1.